The molecule has 0 saturated carbocycles. The molecular weight excluding hydrogens is 296 g/mol. The van der Waals surface area contributed by atoms with Crippen molar-refractivity contribution in [2.75, 3.05) is 5.73 Å². The van der Waals surface area contributed by atoms with E-state index in [-0.39, 0.29) is 5.41 Å². The normalized spacial score (nSPS) is 11.8. The Morgan fingerprint density at radius 3 is 2.53 bits per heavy atom. The van der Waals surface area contributed by atoms with E-state index in [1.54, 1.807) is 11.3 Å². The third kappa shape index (κ3) is 2.69. The van der Waals surface area contributed by atoms with E-state index in [1.165, 1.54) is 0 Å². The lowest BCUT2D eigenvalue weighted by atomic mass is 9.98. The monoisotopic (exact) mass is 310 g/mol. The smallest absolute Gasteiger partial charge is 0.114 e. The van der Waals surface area contributed by atoms with Crippen molar-refractivity contribution in [3.63, 3.8) is 0 Å². The zero-order chi connectivity index (χ0) is 12.6. The van der Waals surface area contributed by atoms with Crippen LogP contribution in [-0.2, 0) is 5.41 Å². The van der Waals surface area contributed by atoms with Crippen LogP contribution in [0.2, 0.25) is 0 Å². The summed E-state index contributed by atoms with van der Waals surface area (Å²) in [5.41, 5.74) is 8.05. The summed E-state index contributed by atoms with van der Waals surface area (Å²) in [5, 5.41) is 1.86. The van der Waals surface area contributed by atoms with Crippen LogP contribution in [0.15, 0.2) is 28.7 Å². The molecule has 2 N–H and O–H groups in total. The van der Waals surface area contributed by atoms with Gasteiger partial charge in [-0.05, 0) is 12.1 Å². The van der Waals surface area contributed by atoms with Gasteiger partial charge in [-0.15, -0.1) is 11.3 Å². The molecule has 1 aromatic carbocycles. The van der Waals surface area contributed by atoms with Crippen molar-refractivity contribution in [2.24, 2.45) is 0 Å². The highest BCUT2D eigenvalue weighted by Gasteiger charge is 2.21. The van der Waals surface area contributed by atoms with E-state index >= 15 is 0 Å². The fraction of sp³-hybridized carbons (Fsp3) is 0.308. The van der Waals surface area contributed by atoms with Gasteiger partial charge in [0.25, 0.3) is 0 Å². The lowest BCUT2D eigenvalue weighted by molar-refractivity contribution is 0.586. The summed E-state index contributed by atoms with van der Waals surface area (Å²) in [6.07, 6.45) is 0. The topological polar surface area (TPSA) is 38.9 Å². The van der Waals surface area contributed by atoms with Crippen molar-refractivity contribution in [1.29, 1.82) is 0 Å². The van der Waals surface area contributed by atoms with Crippen LogP contribution in [0, 0.1) is 0 Å². The maximum Gasteiger partial charge on any atom is 0.114 e. The second kappa shape index (κ2) is 4.42. The first-order chi connectivity index (χ1) is 7.88. The van der Waals surface area contributed by atoms with Crippen LogP contribution in [0.25, 0.3) is 11.3 Å². The number of benzene rings is 1. The van der Waals surface area contributed by atoms with Crippen LogP contribution in [0.5, 0.6) is 0 Å². The lowest BCUT2D eigenvalue weighted by Crippen LogP contribution is -2.10. The van der Waals surface area contributed by atoms with Crippen molar-refractivity contribution in [1.82, 2.24) is 4.98 Å². The number of rotatable bonds is 1. The zero-order valence-corrected chi connectivity index (χ0v) is 12.5. The molecular formula is C13H15BrN2S. The number of hydrogen-bond donors (Lipinski definition) is 1. The molecule has 0 aliphatic heterocycles. The number of hydrogen-bond acceptors (Lipinski definition) is 3. The Balaban J connectivity index is 2.50. The van der Waals surface area contributed by atoms with Gasteiger partial charge >= 0.3 is 0 Å². The van der Waals surface area contributed by atoms with Crippen LogP contribution in [0.1, 0.15) is 25.8 Å². The van der Waals surface area contributed by atoms with Gasteiger partial charge in [0, 0.05) is 15.5 Å². The van der Waals surface area contributed by atoms with Gasteiger partial charge in [0.15, 0.2) is 0 Å². The fourth-order valence-corrected chi connectivity index (χ4v) is 2.81. The number of nitrogens with two attached hydrogens (primary N) is 1. The van der Waals surface area contributed by atoms with Crippen molar-refractivity contribution in [3.8, 4) is 11.3 Å². The molecule has 1 aromatic heterocycles. The second-order valence-electron chi connectivity index (χ2n) is 4.99. The average Bonchev–Trinajstić information content (AvgIpc) is 2.60. The molecule has 0 radical (unpaired) electrons. The molecule has 0 atom stereocenters. The molecule has 2 aromatic rings. The Kier molecular flexibility index (Phi) is 3.27. The molecule has 0 spiro atoms. The highest BCUT2D eigenvalue weighted by molar-refractivity contribution is 9.10. The molecule has 0 fully saturated rings. The van der Waals surface area contributed by atoms with E-state index in [0.717, 1.165) is 25.7 Å². The summed E-state index contributed by atoms with van der Waals surface area (Å²) in [4.78, 5) is 4.67. The first kappa shape index (κ1) is 12.6. The largest absolute Gasteiger partial charge is 0.389 e. The average molecular weight is 311 g/mol. The van der Waals surface area contributed by atoms with Crippen LogP contribution in [0.3, 0.4) is 0 Å². The molecule has 0 aliphatic rings. The Bertz CT molecular complexity index is 541. The van der Waals surface area contributed by atoms with Crippen molar-refractivity contribution in [3.05, 3.63) is 33.7 Å². The summed E-state index contributed by atoms with van der Waals surface area (Å²) in [6, 6.07) is 8.06. The Hall–Kier alpha value is -0.870. The zero-order valence-electron chi connectivity index (χ0n) is 10.1. The molecule has 1 heterocycles. The van der Waals surface area contributed by atoms with E-state index in [2.05, 4.69) is 41.7 Å². The van der Waals surface area contributed by atoms with Gasteiger partial charge < -0.3 is 5.73 Å². The predicted molar refractivity (Wildman–Crippen MR) is 78.4 cm³/mol. The summed E-state index contributed by atoms with van der Waals surface area (Å²) >= 11 is 5.04. The Labute approximate surface area is 114 Å². The Morgan fingerprint density at radius 2 is 2.00 bits per heavy atom. The number of nitrogens with zero attached hydrogens (tertiary/aromatic N) is 1. The van der Waals surface area contributed by atoms with Gasteiger partial charge in [-0.2, -0.15) is 0 Å². The number of anilines is 1. The standard InChI is InChI=1S/C13H15BrN2S/c1-13(2,3)12-16-10(11(15)17-12)8-5-4-6-9(14)7-8/h4-7H,15H2,1-3H3. The van der Waals surface area contributed by atoms with Gasteiger partial charge in [-0.25, -0.2) is 4.98 Å². The minimum Gasteiger partial charge on any atom is -0.389 e. The van der Waals surface area contributed by atoms with Crippen LogP contribution in [0.4, 0.5) is 5.00 Å². The van der Waals surface area contributed by atoms with Gasteiger partial charge in [-0.1, -0.05) is 48.8 Å². The van der Waals surface area contributed by atoms with Crippen molar-refractivity contribution in [2.45, 2.75) is 26.2 Å². The minimum absolute atomic E-state index is 0.0447. The highest BCUT2D eigenvalue weighted by Crippen LogP contribution is 2.36. The highest BCUT2D eigenvalue weighted by atomic mass is 79.9. The third-order valence-corrected chi connectivity index (χ3v) is 4.20. The van der Waals surface area contributed by atoms with Crippen molar-refractivity contribution < 1.29 is 0 Å². The van der Waals surface area contributed by atoms with E-state index in [1.807, 2.05) is 24.3 Å². The summed E-state index contributed by atoms with van der Waals surface area (Å²) in [5.74, 6) is 0. The maximum absolute atomic E-state index is 6.06. The molecule has 2 rings (SSSR count). The van der Waals surface area contributed by atoms with Gasteiger partial charge in [0.1, 0.15) is 15.7 Å². The summed E-state index contributed by atoms with van der Waals surface area (Å²) in [7, 11) is 0. The molecule has 17 heavy (non-hydrogen) atoms. The summed E-state index contributed by atoms with van der Waals surface area (Å²) in [6.45, 7) is 6.45. The fourth-order valence-electron chi connectivity index (χ4n) is 1.50. The van der Waals surface area contributed by atoms with E-state index in [0.29, 0.717) is 0 Å². The number of halogens is 1. The molecule has 0 amide bonds. The summed E-state index contributed by atoms with van der Waals surface area (Å²) < 4.78 is 1.04. The van der Waals surface area contributed by atoms with E-state index < -0.39 is 0 Å². The quantitative estimate of drug-likeness (QED) is 0.845. The second-order valence-corrected chi connectivity index (χ2v) is 6.94. The van der Waals surface area contributed by atoms with Crippen LogP contribution in [-0.4, -0.2) is 4.98 Å². The van der Waals surface area contributed by atoms with Gasteiger partial charge in [-0.3, -0.25) is 0 Å². The number of aromatic nitrogens is 1. The molecule has 4 heteroatoms. The van der Waals surface area contributed by atoms with Gasteiger partial charge in [0.05, 0.1) is 0 Å². The molecule has 0 saturated heterocycles. The van der Waals surface area contributed by atoms with Crippen molar-refractivity contribution >= 4 is 32.3 Å². The van der Waals surface area contributed by atoms with E-state index in [4.69, 9.17) is 5.73 Å². The van der Waals surface area contributed by atoms with Gasteiger partial charge in [0.2, 0.25) is 0 Å². The van der Waals surface area contributed by atoms with Crippen LogP contribution < -0.4 is 5.73 Å². The minimum atomic E-state index is 0.0447. The number of thiazole rings is 1. The molecule has 90 valence electrons. The first-order valence-electron chi connectivity index (χ1n) is 5.40. The number of nitrogen functional groups attached to an aromatic ring is 1. The Morgan fingerprint density at radius 1 is 1.29 bits per heavy atom. The molecule has 2 nitrogen and oxygen atoms in total. The molecule has 0 aliphatic carbocycles. The predicted octanol–water partition coefficient (Wildman–Crippen LogP) is 4.45. The third-order valence-electron chi connectivity index (χ3n) is 2.39. The maximum atomic E-state index is 6.06. The molecule has 0 bridgehead atoms. The SMILES string of the molecule is CC(C)(C)c1nc(-c2cccc(Br)c2)c(N)s1. The molecule has 0 unspecified atom stereocenters. The van der Waals surface area contributed by atoms with Crippen LogP contribution >= 0.6 is 27.3 Å². The lowest BCUT2D eigenvalue weighted by Gasteiger charge is -2.13. The first-order valence-corrected chi connectivity index (χ1v) is 7.01. The van der Waals surface area contributed by atoms with E-state index in [9.17, 15) is 0 Å².